The van der Waals surface area contributed by atoms with Crippen LogP contribution in [0.5, 0.6) is 0 Å². The molecule has 0 aromatic heterocycles. The van der Waals surface area contributed by atoms with E-state index in [0.717, 1.165) is 11.4 Å². The highest BCUT2D eigenvalue weighted by Gasteiger charge is 2.41. The molecule has 0 bridgehead atoms. The van der Waals surface area contributed by atoms with Gasteiger partial charge >= 0.3 is 0 Å². The maximum atomic E-state index is 6.45. The maximum Gasteiger partial charge on any atom is 0.0441 e. The lowest BCUT2D eigenvalue weighted by molar-refractivity contribution is 0.0598. The fourth-order valence-corrected chi connectivity index (χ4v) is 4.18. The molecule has 1 unspecified atom stereocenters. The van der Waals surface area contributed by atoms with Crippen molar-refractivity contribution in [2.45, 2.75) is 57.0 Å². The van der Waals surface area contributed by atoms with Gasteiger partial charge in [0, 0.05) is 16.6 Å². The normalized spacial score (nSPS) is 19.7. The number of aryl methyl sites for hydroxylation is 1. The number of hydrogen-bond acceptors (Lipinski definition) is 2. The van der Waals surface area contributed by atoms with Crippen LogP contribution in [0, 0.1) is 6.92 Å². The minimum Gasteiger partial charge on any atom is -0.315 e. The number of nitrogens with one attached hydrogen (secondary N) is 1. The average molecular weight is 309 g/mol. The first kappa shape index (κ1) is 16.8. The van der Waals surface area contributed by atoms with Gasteiger partial charge < -0.3 is 10.2 Å². The second-order valence-corrected chi connectivity index (χ2v) is 7.11. The SMILES string of the molecule is CNC(Cc1ccc(C)cc1Cl)C1(N(C)C)CCCCC1. The first-order chi connectivity index (χ1) is 9.99. The molecule has 0 radical (unpaired) electrons. The van der Waals surface area contributed by atoms with Crippen molar-refractivity contribution < 1.29 is 0 Å². The smallest absolute Gasteiger partial charge is 0.0441 e. The summed E-state index contributed by atoms with van der Waals surface area (Å²) >= 11 is 6.45. The van der Waals surface area contributed by atoms with E-state index >= 15 is 0 Å². The highest BCUT2D eigenvalue weighted by molar-refractivity contribution is 6.31. The number of halogens is 1. The second-order valence-electron chi connectivity index (χ2n) is 6.70. The molecule has 1 atom stereocenters. The van der Waals surface area contributed by atoms with Crippen LogP contribution in [-0.4, -0.2) is 37.6 Å². The van der Waals surface area contributed by atoms with E-state index in [2.05, 4.69) is 56.5 Å². The molecule has 1 N–H and O–H groups in total. The highest BCUT2D eigenvalue weighted by atomic mass is 35.5. The van der Waals surface area contributed by atoms with E-state index in [9.17, 15) is 0 Å². The predicted octanol–water partition coefficient (Wildman–Crippen LogP) is 4.04. The molecule has 0 amide bonds. The highest BCUT2D eigenvalue weighted by Crippen LogP contribution is 2.37. The van der Waals surface area contributed by atoms with Gasteiger partial charge in [0.1, 0.15) is 0 Å². The second kappa shape index (κ2) is 7.13. The molecular weight excluding hydrogens is 280 g/mol. The van der Waals surface area contributed by atoms with Gasteiger partial charge in [0.15, 0.2) is 0 Å². The van der Waals surface area contributed by atoms with Gasteiger partial charge in [0.25, 0.3) is 0 Å². The van der Waals surface area contributed by atoms with Gasteiger partial charge in [-0.25, -0.2) is 0 Å². The Morgan fingerprint density at radius 2 is 1.90 bits per heavy atom. The largest absolute Gasteiger partial charge is 0.315 e. The molecular formula is C18H29ClN2. The summed E-state index contributed by atoms with van der Waals surface area (Å²) in [4.78, 5) is 2.44. The van der Waals surface area contributed by atoms with Crippen molar-refractivity contribution in [3.63, 3.8) is 0 Å². The molecule has 21 heavy (non-hydrogen) atoms. The van der Waals surface area contributed by atoms with E-state index in [0.29, 0.717) is 6.04 Å². The van der Waals surface area contributed by atoms with Crippen molar-refractivity contribution in [2.24, 2.45) is 0 Å². The van der Waals surface area contributed by atoms with Crippen LogP contribution in [0.1, 0.15) is 43.2 Å². The van der Waals surface area contributed by atoms with E-state index in [1.54, 1.807) is 0 Å². The first-order valence-electron chi connectivity index (χ1n) is 8.09. The lowest BCUT2D eigenvalue weighted by Gasteiger charge is -2.48. The average Bonchev–Trinajstić information content (AvgIpc) is 2.47. The third kappa shape index (κ3) is 3.61. The Bertz CT molecular complexity index is 464. The van der Waals surface area contributed by atoms with Gasteiger partial charge in [-0.05, 0) is 64.5 Å². The van der Waals surface area contributed by atoms with Gasteiger partial charge in [-0.2, -0.15) is 0 Å². The van der Waals surface area contributed by atoms with Gasteiger partial charge in [0.05, 0.1) is 0 Å². The maximum absolute atomic E-state index is 6.45. The first-order valence-corrected chi connectivity index (χ1v) is 8.47. The van der Waals surface area contributed by atoms with Gasteiger partial charge in [-0.15, -0.1) is 0 Å². The Kier molecular flexibility index (Phi) is 5.70. The Morgan fingerprint density at radius 3 is 2.43 bits per heavy atom. The van der Waals surface area contributed by atoms with Crippen molar-refractivity contribution in [3.05, 3.63) is 34.3 Å². The van der Waals surface area contributed by atoms with Gasteiger partial charge in [0.2, 0.25) is 0 Å². The summed E-state index contributed by atoms with van der Waals surface area (Å²) in [5.41, 5.74) is 2.74. The van der Waals surface area contributed by atoms with Crippen LogP contribution in [-0.2, 0) is 6.42 Å². The lowest BCUT2D eigenvalue weighted by Crippen LogP contribution is -2.60. The summed E-state index contributed by atoms with van der Waals surface area (Å²) in [6.07, 6.45) is 7.57. The monoisotopic (exact) mass is 308 g/mol. The number of likely N-dealkylation sites (N-methyl/N-ethyl adjacent to an activating group) is 2. The summed E-state index contributed by atoms with van der Waals surface area (Å²) in [6, 6.07) is 6.87. The third-order valence-corrected chi connectivity index (χ3v) is 5.59. The van der Waals surface area contributed by atoms with Crippen LogP contribution in [0.4, 0.5) is 0 Å². The van der Waals surface area contributed by atoms with Gasteiger partial charge in [-0.3, -0.25) is 0 Å². The predicted molar refractivity (Wildman–Crippen MR) is 92.2 cm³/mol. The van der Waals surface area contributed by atoms with E-state index in [1.807, 2.05) is 0 Å². The van der Waals surface area contributed by atoms with Crippen molar-refractivity contribution >= 4 is 11.6 Å². The van der Waals surface area contributed by atoms with Crippen molar-refractivity contribution in [3.8, 4) is 0 Å². The minimum atomic E-state index is 0.251. The zero-order valence-corrected chi connectivity index (χ0v) is 14.6. The van der Waals surface area contributed by atoms with Crippen molar-refractivity contribution in [1.82, 2.24) is 10.2 Å². The molecule has 1 aliphatic carbocycles. The van der Waals surface area contributed by atoms with E-state index in [1.165, 1.54) is 43.2 Å². The molecule has 2 rings (SSSR count). The summed E-state index contributed by atoms with van der Waals surface area (Å²) in [5, 5.41) is 4.49. The summed E-state index contributed by atoms with van der Waals surface area (Å²) in [7, 11) is 6.55. The van der Waals surface area contributed by atoms with Crippen molar-refractivity contribution in [1.29, 1.82) is 0 Å². The lowest BCUT2D eigenvalue weighted by atomic mass is 9.73. The molecule has 0 heterocycles. The molecule has 2 nitrogen and oxygen atoms in total. The molecule has 3 heteroatoms. The van der Waals surface area contributed by atoms with Crippen molar-refractivity contribution in [2.75, 3.05) is 21.1 Å². The van der Waals surface area contributed by atoms with Crippen LogP contribution in [0.15, 0.2) is 18.2 Å². The molecule has 0 spiro atoms. The summed E-state index contributed by atoms with van der Waals surface area (Å²) in [5.74, 6) is 0. The van der Waals surface area contributed by atoms with E-state index in [4.69, 9.17) is 11.6 Å². The number of benzene rings is 1. The quantitative estimate of drug-likeness (QED) is 0.883. The van der Waals surface area contributed by atoms with Crippen LogP contribution < -0.4 is 5.32 Å². The Morgan fingerprint density at radius 1 is 1.24 bits per heavy atom. The Labute approximate surface area is 134 Å². The molecule has 1 aliphatic rings. The molecule has 1 aromatic rings. The Balaban J connectivity index is 2.24. The zero-order chi connectivity index (χ0) is 15.5. The number of rotatable bonds is 5. The molecule has 0 aliphatic heterocycles. The third-order valence-electron chi connectivity index (χ3n) is 5.24. The fourth-order valence-electron chi connectivity index (χ4n) is 3.87. The van der Waals surface area contributed by atoms with Crippen LogP contribution in [0.25, 0.3) is 0 Å². The Hall–Kier alpha value is -0.570. The van der Waals surface area contributed by atoms with E-state index in [-0.39, 0.29) is 5.54 Å². The standard InChI is InChI=1S/C18H29ClN2/c1-14-8-9-15(16(19)12-14)13-17(20-2)18(21(3)4)10-6-5-7-11-18/h8-9,12,17,20H,5-7,10-11,13H2,1-4H3. The molecule has 118 valence electrons. The summed E-state index contributed by atoms with van der Waals surface area (Å²) < 4.78 is 0. The van der Waals surface area contributed by atoms with E-state index < -0.39 is 0 Å². The number of nitrogens with zero attached hydrogens (tertiary/aromatic N) is 1. The van der Waals surface area contributed by atoms with Crippen LogP contribution >= 0.6 is 11.6 Å². The molecule has 1 saturated carbocycles. The topological polar surface area (TPSA) is 15.3 Å². The van der Waals surface area contributed by atoms with Gasteiger partial charge in [-0.1, -0.05) is 43.0 Å². The summed E-state index contributed by atoms with van der Waals surface area (Å²) in [6.45, 7) is 2.09. The van der Waals surface area contributed by atoms with Crippen LogP contribution in [0.2, 0.25) is 5.02 Å². The zero-order valence-electron chi connectivity index (χ0n) is 13.9. The minimum absolute atomic E-state index is 0.251. The fraction of sp³-hybridized carbons (Fsp3) is 0.667. The molecule has 1 aromatic carbocycles. The molecule has 0 saturated heterocycles. The number of hydrogen-bond donors (Lipinski definition) is 1. The molecule has 1 fully saturated rings. The van der Waals surface area contributed by atoms with Crippen LogP contribution in [0.3, 0.4) is 0 Å².